The molecule has 0 aliphatic carbocycles. The molecule has 0 aliphatic heterocycles. The quantitative estimate of drug-likeness (QED) is 0.820. The standard InChI is InChI=1S/C11H13Cl2NO2/c1-7(4-5-12)14-11(16)9-6-8(15)2-3-10(9)13/h2-3,6-7,15H,4-5H2,1H3,(H,14,16). The van der Waals surface area contributed by atoms with E-state index < -0.39 is 0 Å². The number of benzene rings is 1. The molecule has 1 atom stereocenters. The molecule has 3 nitrogen and oxygen atoms in total. The minimum atomic E-state index is -0.307. The van der Waals surface area contributed by atoms with E-state index in [1.807, 2.05) is 6.92 Å². The Labute approximate surface area is 104 Å². The number of phenols is 1. The minimum Gasteiger partial charge on any atom is -0.508 e. The van der Waals surface area contributed by atoms with Crippen molar-refractivity contribution < 1.29 is 9.90 Å². The number of aromatic hydroxyl groups is 1. The number of carbonyl (C=O) groups is 1. The van der Waals surface area contributed by atoms with E-state index in [1.165, 1.54) is 18.2 Å². The molecule has 2 N–H and O–H groups in total. The van der Waals surface area contributed by atoms with Crippen LogP contribution in [-0.2, 0) is 0 Å². The molecule has 1 rings (SSSR count). The first-order valence-corrected chi connectivity index (χ1v) is 5.81. The summed E-state index contributed by atoms with van der Waals surface area (Å²) < 4.78 is 0. The lowest BCUT2D eigenvalue weighted by Gasteiger charge is -2.13. The zero-order valence-electron chi connectivity index (χ0n) is 8.84. The number of phenolic OH excluding ortho intramolecular Hbond substituents is 1. The van der Waals surface area contributed by atoms with Gasteiger partial charge in [-0.15, -0.1) is 11.6 Å². The molecule has 1 amide bonds. The van der Waals surface area contributed by atoms with E-state index in [0.29, 0.717) is 17.3 Å². The summed E-state index contributed by atoms with van der Waals surface area (Å²) in [5.41, 5.74) is 0.267. The number of alkyl halides is 1. The first-order valence-electron chi connectivity index (χ1n) is 4.90. The van der Waals surface area contributed by atoms with Crippen molar-refractivity contribution in [3.63, 3.8) is 0 Å². The third-order valence-corrected chi connectivity index (χ3v) is 2.66. The summed E-state index contributed by atoms with van der Waals surface area (Å²) in [7, 11) is 0. The summed E-state index contributed by atoms with van der Waals surface area (Å²) in [6.07, 6.45) is 0.684. The van der Waals surface area contributed by atoms with E-state index in [0.717, 1.165) is 0 Å². The number of hydrogen-bond donors (Lipinski definition) is 2. The summed E-state index contributed by atoms with van der Waals surface area (Å²) in [6, 6.07) is 4.23. The third kappa shape index (κ3) is 3.58. The van der Waals surface area contributed by atoms with E-state index in [-0.39, 0.29) is 23.3 Å². The summed E-state index contributed by atoms with van der Waals surface area (Å²) in [5.74, 6) is 0.188. The van der Waals surface area contributed by atoms with Crippen molar-refractivity contribution in [3.05, 3.63) is 28.8 Å². The van der Waals surface area contributed by atoms with Gasteiger partial charge in [-0.25, -0.2) is 0 Å². The SMILES string of the molecule is CC(CCCl)NC(=O)c1cc(O)ccc1Cl. The lowest BCUT2D eigenvalue weighted by molar-refractivity contribution is 0.0939. The molecular weight excluding hydrogens is 249 g/mol. The highest BCUT2D eigenvalue weighted by molar-refractivity contribution is 6.33. The summed E-state index contributed by atoms with van der Waals surface area (Å²) in [6.45, 7) is 1.86. The second kappa shape index (κ2) is 5.97. The first kappa shape index (κ1) is 13.1. The normalized spacial score (nSPS) is 12.2. The van der Waals surface area contributed by atoms with Crippen molar-refractivity contribution >= 4 is 29.1 Å². The highest BCUT2D eigenvalue weighted by Crippen LogP contribution is 2.21. The van der Waals surface area contributed by atoms with Crippen molar-refractivity contribution in [1.29, 1.82) is 0 Å². The van der Waals surface area contributed by atoms with Crippen LogP contribution in [0.4, 0.5) is 0 Å². The van der Waals surface area contributed by atoms with Crippen LogP contribution in [0.1, 0.15) is 23.7 Å². The summed E-state index contributed by atoms with van der Waals surface area (Å²) in [4.78, 5) is 11.8. The van der Waals surface area contributed by atoms with E-state index in [2.05, 4.69) is 5.32 Å². The number of hydrogen-bond acceptors (Lipinski definition) is 2. The van der Waals surface area contributed by atoms with Gasteiger partial charge in [0.2, 0.25) is 0 Å². The molecule has 0 saturated heterocycles. The molecule has 1 unspecified atom stereocenters. The highest BCUT2D eigenvalue weighted by atomic mass is 35.5. The molecule has 0 heterocycles. The molecule has 1 aromatic carbocycles. The molecule has 1 aromatic rings. The fraction of sp³-hybridized carbons (Fsp3) is 0.364. The summed E-state index contributed by atoms with van der Waals surface area (Å²) in [5, 5.41) is 12.3. The van der Waals surface area contributed by atoms with E-state index >= 15 is 0 Å². The largest absolute Gasteiger partial charge is 0.508 e. The molecule has 0 bridgehead atoms. The van der Waals surface area contributed by atoms with Crippen molar-refractivity contribution in [2.24, 2.45) is 0 Å². The number of rotatable bonds is 4. The topological polar surface area (TPSA) is 49.3 Å². The van der Waals surface area contributed by atoms with Crippen LogP contribution in [0.25, 0.3) is 0 Å². The van der Waals surface area contributed by atoms with Crippen LogP contribution >= 0.6 is 23.2 Å². The number of amides is 1. The second-order valence-electron chi connectivity index (χ2n) is 3.52. The maximum absolute atomic E-state index is 11.8. The molecular formula is C11H13Cl2NO2. The predicted octanol–water partition coefficient (Wildman–Crippen LogP) is 2.79. The number of halogens is 2. The molecule has 0 radical (unpaired) electrons. The second-order valence-corrected chi connectivity index (χ2v) is 4.30. The zero-order valence-corrected chi connectivity index (χ0v) is 10.3. The van der Waals surface area contributed by atoms with Gasteiger partial charge in [0.05, 0.1) is 10.6 Å². The summed E-state index contributed by atoms with van der Waals surface area (Å²) >= 11 is 11.4. The van der Waals surface area contributed by atoms with Crippen molar-refractivity contribution in [3.8, 4) is 5.75 Å². The van der Waals surface area contributed by atoms with Gasteiger partial charge in [-0.1, -0.05) is 11.6 Å². The van der Waals surface area contributed by atoms with Gasteiger partial charge in [-0.05, 0) is 31.5 Å². The van der Waals surface area contributed by atoms with E-state index in [9.17, 15) is 9.90 Å². The van der Waals surface area contributed by atoms with Crippen LogP contribution in [0.3, 0.4) is 0 Å². The van der Waals surface area contributed by atoms with Gasteiger partial charge >= 0.3 is 0 Å². The maximum Gasteiger partial charge on any atom is 0.253 e. The lowest BCUT2D eigenvalue weighted by atomic mass is 10.1. The van der Waals surface area contributed by atoms with Gasteiger partial charge in [0.1, 0.15) is 5.75 Å². The van der Waals surface area contributed by atoms with Gasteiger partial charge in [-0.2, -0.15) is 0 Å². The Morgan fingerprint density at radius 1 is 1.56 bits per heavy atom. The van der Waals surface area contributed by atoms with Crippen molar-refractivity contribution in [2.45, 2.75) is 19.4 Å². The first-order chi connectivity index (χ1) is 7.54. The Morgan fingerprint density at radius 3 is 2.88 bits per heavy atom. The number of nitrogens with one attached hydrogen (secondary N) is 1. The fourth-order valence-corrected chi connectivity index (χ4v) is 1.76. The fourth-order valence-electron chi connectivity index (χ4n) is 1.22. The van der Waals surface area contributed by atoms with Gasteiger partial charge in [0.25, 0.3) is 5.91 Å². The van der Waals surface area contributed by atoms with Gasteiger partial charge < -0.3 is 10.4 Å². The number of carbonyl (C=O) groups excluding carboxylic acids is 1. The molecule has 0 saturated carbocycles. The molecule has 0 spiro atoms. The molecule has 0 fully saturated rings. The molecule has 5 heteroatoms. The van der Waals surface area contributed by atoms with E-state index in [4.69, 9.17) is 23.2 Å². The Bertz CT molecular complexity index is 382. The maximum atomic E-state index is 11.8. The molecule has 0 aliphatic rings. The Morgan fingerprint density at radius 2 is 2.25 bits per heavy atom. The van der Waals surface area contributed by atoms with Crippen LogP contribution in [0.2, 0.25) is 5.02 Å². The average molecular weight is 262 g/mol. The van der Waals surface area contributed by atoms with Crippen LogP contribution in [0.15, 0.2) is 18.2 Å². The van der Waals surface area contributed by atoms with Gasteiger partial charge in [-0.3, -0.25) is 4.79 Å². The lowest BCUT2D eigenvalue weighted by Crippen LogP contribution is -2.32. The van der Waals surface area contributed by atoms with Crippen molar-refractivity contribution in [2.75, 3.05) is 5.88 Å². The van der Waals surface area contributed by atoms with Crippen molar-refractivity contribution in [1.82, 2.24) is 5.32 Å². The molecule has 16 heavy (non-hydrogen) atoms. The van der Waals surface area contributed by atoms with Gasteiger partial charge in [0, 0.05) is 11.9 Å². The Kier molecular flexibility index (Phi) is 4.90. The van der Waals surface area contributed by atoms with E-state index in [1.54, 1.807) is 0 Å². The highest BCUT2D eigenvalue weighted by Gasteiger charge is 2.13. The van der Waals surface area contributed by atoms with Crippen LogP contribution in [0, 0.1) is 0 Å². The van der Waals surface area contributed by atoms with Gasteiger partial charge in [0.15, 0.2) is 0 Å². The Balaban J connectivity index is 2.76. The smallest absolute Gasteiger partial charge is 0.253 e. The predicted molar refractivity (Wildman–Crippen MR) is 65.4 cm³/mol. The monoisotopic (exact) mass is 261 g/mol. The molecule has 0 aromatic heterocycles. The van der Waals surface area contributed by atoms with Crippen LogP contribution in [-0.4, -0.2) is 22.9 Å². The van der Waals surface area contributed by atoms with Crippen LogP contribution < -0.4 is 5.32 Å². The zero-order chi connectivity index (χ0) is 12.1. The minimum absolute atomic E-state index is 0.0135. The Hall–Kier alpha value is -0.930. The average Bonchev–Trinajstić information content (AvgIpc) is 2.21. The molecule has 88 valence electrons. The third-order valence-electron chi connectivity index (χ3n) is 2.11. The van der Waals surface area contributed by atoms with Crippen LogP contribution in [0.5, 0.6) is 5.75 Å².